The van der Waals surface area contributed by atoms with Gasteiger partial charge in [-0.3, -0.25) is 4.79 Å². The molecular formula is C16H27N3O2. The lowest BCUT2D eigenvalue weighted by Crippen LogP contribution is -2.36. The highest BCUT2D eigenvalue weighted by Crippen LogP contribution is 2.38. The van der Waals surface area contributed by atoms with E-state index in [1.54, 1.807) is 6.07 Å². The zero-order chi connectivity index (χ0) is 15.1. The lowest BCUT2D eigenvalue weighted by molar-refractivity contribution is -0.0769. The Bertz CT molecular complexity index is 487. The van der Waals surface area contributed by atoms with Crippen LogP contribution in [0.2, 0.25) is 0 Å². The quantitative estimate of drug-likeness (QED) is 0.758. The van der Waals surface area contributed by atoms with Gasteiger partial charge in [0, 0.05) is 19.2 Å². The van der Waals surface area contributed by atoms with Gasteiger partial charge in [0.1, 0.15) is 11.4 Å². The summed E-state index contributed by atoms with van der Waals surface area (Å²) in [6.45, 7) is 6.33. The first kappa shape index (κ1) is 16.2. The van der Waals surface area contributed by atoms with E-state index in [1.807, 2.05) is 6.92 Å². The van der Waals surface area contributed by atoms with Crippen LogP contribution in [0, 0.1) is 0 Å². The van der Waals surface area contributed by atoms with Crippen molar-refractivity contribution in [2.75, 3.05) is 13.2 Å². The predicted octanol–water partition coefficient (Wildman–Crippen LogP) is 2.47. The minimum absolute atomic E-state index is 0.0852. The minimum atomic E-state index is -0.396. The SMILES string of the molecule is CCCNCc1cc(=O)[nH]c(C2(OCC)CCCCC2)n1. The van der Waals surface area contributed by atoms with Crippen molar-refractivity contribution < 1.29 is 4.74 Å². The molecule has 1 heterocycles. The Morgan fingerprint density at radius 3 is 2.76 bits per heavy atom. The Balaban J connectivity index is 2.25. The molecule has 0 aliphatic heterocycles. The van der Waals surface area contributed by atoms with Crippen molar-refractivity contribution in [2.24, 2.45) is 0 Å². The Morgan fingerprint density at radius 1 is 1.33 bits per heavy atom. The van der Waals surface area contributed by atoms with Crippen molar-refractivity contribution in [3.8, 4) is 0 Å². The first-order chi connectivity index (χ1) is 10.2. The van der Waals surface area contributed by atoms with Crippen LogP contribution in [0.25, 0.3) is 0 Å². The highest BCUT2D eigenvalue weighted by molar-refractivity contribution is 5.10. The molecule has 0 unspecified atom stereocenters. The van der Waals surface area contributed by atoms with Crippen LogP contribution in [0.15, 0.2) is 10.9 Å². The molecule has 5 heteroatoms. The zero-order valence-electron chi connectivity index (χ0n) is 13.2. The summed E-state index contributed by atoms with van der Waals surface area (Å²) in [5.74, 6) is 0.713. The highest BCUT2D eigenvalue weighted by atomic mass is 16.5. The molecule has 0 bridgehead atoms. The van der Waals surface area contributed by atoms with Crippen molar-refractivity contribution in [3.63, 3.8) is 0 Å². The fraction of sp³-hybridized carbons (Fsp3) is 0.750. The largest absolute Gasteiger partial charge is 0.367 e. The zero-order valence-corrected chi connectivity index (χ0v) is 13.2. The molecule has 1 saturated carbocycles. The summed E-state index contributed by atoms with van der Waals surface area (Å²) in [7, 11) is 0. The number of hydrogen-bond donors (Lipinski definition) is 2. The van der Waals surface area contributed by atoms with Crippen LogP contribution in [-0.4, -0.2) is 23.1 Å². The minimum Gasteiger partial charge on any atom is -0.367 e. The first-order valence-electron chi connectivity index (χ1n) is 8.15. The number of nitrogens with one attached hydrogen (secondary N) is 2. The molecule has 0 saturated heterocycles. The Morgan fingerprint density at radius 2 is 2.10 bits per heavy atom. The van der Waals surface area contributed by atoms with E-state index in [0.29, 0.717) is 19.0 Å². The van der Waals surface area contributed by atoms with Crippen molar-refractivity contribution in [1.29, 1.82) is 0 Å². The van der Waals surface area contributed by atoms with Gasteiger partial charge in [-0.15, -0.1) is 0 Å². The fourth-order valence-corrected chi connectivity index (χ4v) is 3.06. The second kappa shape index (κ2) is 7.71. The van der Waals surface area contributed by atoms with E-state index in [0.717, 1.165) is 44.3 Å². The van der Waals surface area contributed by atoms with Gasteiger partial charge in [-0.2, -0.15) is 0 Å². The van der Waals surface area contributed by atoms with Gasteiger partial charge in [-0.25, -0.2) is 4.98 Å². The third-order valence-electron chi connectivity index (χ3n) is 4.04. The number of hydrogen-bond acceptors (Lipinski definition) is 4. The van der Waals surface area contributed by atoms with E-state index in [4.69, 9.17) is 4.74 Å². The van der Waals surface area contributed by atoms with Crippen LogP contribution < -0.4 is 10.9 Å². The number of aromatic nitrogens is 2. The molecule has 118 valence electrons. The number of H-pyrrole nitrogens is 1. The van der Waals surface area contributed by atoms with Gasteiger partial charge in [0.2, 0.25) is 0 Å². The van der Waals surface area contributed by atoms with E-state index in [9.17, 15) is 4.79 Å². The van der Waals surface area contributed by atoms with Crippen molar-refractivity contribution in [1.82, 2.24) is 15.3 Å². The van der Waals surface area contributed by atoms with Gasteiger partial charge in [0.15, 0.2) is 0 Å². The molecule has 21 heavy (non-hydrogen) atoms. The van der Waals surface area contributed by atoms with Gasteiger partial charge in [0.05, 0.1) is 5.69 Å². The molecule has 1 fully saturated rings. The van der Waals surface area contributed by atoms with Gasteiger partial charge >= 0.3 is 0 Å². The highest BCUT2D eigenvalue weighted by Gasteiger charge is 2.37. The Labute approximate surface area is 126 Å². The van der Waals surface area contributed by atoms with Gasteiger partial charge < -0.3 is 15.0 Å². The van der Waals surface area contributed by atoms with Crippen LogP contribution in [0.5, 0.6) is 0 Å². The molecule has 0 atom stereocenters. The van der Waals surface area contributed by atoms with E-state index in [2.05, 4.69) is 22.2 Å². The van der Waals surface area contributed by atoms with Crippen LogP contribution in [0.1, 0.15) is 63.9 Å². The Hall–Kier alpha value is -1.20. The average Bonchev–Trinajstić information content (AvgIpc) is 2.48. The maximum atomic E-state index is 12.0. The van der Waals surface area contributed by atoms with E-state index in [-0.39, 0.29) is 5.56 Å². The molecular weight excluding hydrogens is 266 g/mol. The fourth-order valence-electron chi connectivity index (χ4n) is 3.06. The summed E-state index contributed by atoms with van der Waals surface area (Å²) in [4.78, 5) is 19.5. The van der Waals surface area contributed by atoms with Crippen LogP contribution in [0.4, 0.5) is 0 Å². The molecule has 0 amide bonds. The van der Waals surface area contributed by atoms with E-state index < -0.39 is 5.60 Å². The molecule has 5 nitrogen and oxygen atoms in total. The molecule has 2 rings (SSSR count). The summed E-state index contributed by atoms with van der Waals surface area (Å²) >= 11 is 0. The molecule has 1 aromatic rings. The molecule has 2 N–H and O–H groups in total. The summed E-state index contributed by atoms with van der Waals surface area (Å²) in [5, 5.41) is 3.30. The summed E-state index contributed by atoms with van der Waals surface area (Å²) in [6.07, 6.45) is 6.44. The molecule has 0 radical (unpaired) electrons. The van der Waals surface area contributed by atoms with Crippen LogP contribution in [0.3, 0.4) is 0 Å². The number of aromatic amines is 1. The van der Waals surface area contributed by atoms with Crippen LogP contribution >= 0.6 is 0 Å². The molecule has 1 aliphatic rings. The van der Waals surface area contributed by atoms with Gasteiger partial charge in [0.25, 0.3) is 5.56 Å². The number of ether oxygens (including phenoxy) is 1. The van der Waals surface area contributed by atoms with Crippen molar-refractivity contribution >= 4 is 0 Å². The molecule has 1 aliphatic carbocycles. The second-order valence-electron chi connectivity index (χ2n) is 5.75. The number of rotatable bonds is 7. The smallest absolute Gasteiger partial charge is 0.251 e. The summed E-state index contributed by atoms with van der Waals surface area (Å²) in [5.41, 5.74) is 0.317. The summed E-state index contributed by atoms with van der Waals surface area (Å²) < 4.78 is 6.04. The monoisotopic (exact) mass is 293 g/mol. The average molecular weight is 293 g/mol. The lowest BCUT2D eigenvalue weighted by Gasteiger charge is -2.36. The third-order valence-corrected chi connectivity index (χ3v) is 4.04. The normalized spacial score (nSPS) is 17.8. The maximum absolute atomic E-state index is 12.0. The molecule has 0 spiro atoms. The maximum Gasteiger partial charge on any atom is 0.251 e. The standard InChI is InChI=1S/C16H27N3O2/c1-3-10-17-12-13-11-14(20)19-15(18-13)16(21-4-2)8-6-5-7-9-16/h11,17H,3-10,12H2,1-2H3,(H,18,19,20). The third kappa shape index (κ3) is 4.14. The van der Waals surface area contributed by atoms with Crippen LogP contribution in [-0.2, 0) is 16.9 Å². The van der Waals surface area contributed by atoms with Gasteiger partial charge in [-0.1, -0.05) is 26.2 Å². The molecule has 0 aromatic carbocycles. The number of nitrogens with zero attached hydrogens (tertiary/aromatic N) is 1. The van der Waals surface area contributed by atoms with E-state index in [1.165, 1.54) is 6.42 Å². The van der Waals surface area contributed by atoms with E-state index >= 15 is 0 Å². The van der Waals surface area contributed by atoms with Gasteiger partial charge in [-0.05, 0) is 32.7 Å². The Kier molecular flexibility index (Phi) is 5.94. The topological polar surface area (TPSA) is 67.0 Å². The first-order valence-corrected chi connectivity index (χ1v) is 8.15. The summed E-state index contributed by atoms with van der Waals surface area (Å²) in [6, 6.07) is 1.58. The predicted molar refractivity (Wildman–Crippen MR) is 83.2 cm³/mol. The second-order valence-corrected chi connectivity index (χ2v) is 5.75. The van der Waals surface area contributed by atoms with Crippen molar-refractivity contribution in [2.45, 2.75) is 64.5 Å². The molecule has 1 aromatic heterocycles. The lowest BCUT2D eigenvalue weighted by atomic mass is 9.83. The van der Waals surface area contributed by atoms with Crippen molar-refractivity contribution in [3.05, 3.63) is 27.9 Å².